The van der Waals surface area contributed by atoms with Gasteiger partial charge in [0.15, 0.2) is 0 Å². The van der Waals surface area contributed by atoms with Gasteiger partial charge < -0.3 is 0 Å². The minimum atomic E-state index is 0. The standard InChI is InChI=1S/C4H4N2.6CH4/c1-2-4-6-5-3-1;;;;;;/h1-4H;6*1H4. The zero-order chi connectivity index (χ0) is 4.24. The molecule has 0 aromatic carbocycles. The van der Waals surface area contributed by atoms with Crippen molar-refractivity contribution in [2.24, 2.45) is 0 Å². The molecule has 78 valence electrons. The molecule has 1 aromatic heterocycles. The van der Waals surface area contributed by atoms with Gasteiger partial charge in [0.05, 0.1) is 0 Å². The predicted molar refractivity (Wildman–Crippen MR) is 62.4 cm³/mol. The molecule has 0 aliphatic heterocycles. The molecule has 0 unspecified atom stereocenters. The number of hydrogen-bond acceptors (Lipinski definition) is 2. The summed E-state index contributed by atoms with van der Waals surface area (Å²) >= 11 is 0. The number of nitrogens with zero attached hydrogens (tertiary/aromatic N) is 2. The molecular formula is C10H28N2. The lowest BCUT2D eigenvalue weighted by Gasteiger charge is -1.69. The quantitative estimate of drug-likeness (QED) is 0.589. The summed E-state index contributed by atoms with van der Waals surface area (Å²) < 4.78 is 0. The van der Waals surface area contributed by atoms with Crippen LogP contribution in [-0.4, -0.2) is 10.2 Å². The van der Waals surface area contributed by atoms with Crippen LogP contribution in [0.3, 0.4) is 0 Å². The molecule has 0 spiro atoms. The maximum Gasteiger partial charge on any atom is 0.0496 e. The van der Waals surface area contributed by atoms with Crippen molar-refractivity contribution in [1.29, 1.82) is 0 Å². The topological polar surface area (TPSA) is 25.8 Å². The van der Waals surface area contributed by atoms with Gasteiger partial charge in [-0.1, -0.05) is 44.6 Å². The van der Waals surface area contributed by atoms with E-state index in [0.29, 0.717) is 0 Å². The van der Waals surface area contributed by atoms with Gasteiger partial charge in [0.2, 0.25) is 0 Å². The fourth-order valence-corrected chi connectivity index (χ4v) is 0.253. The van der Waals surface area contributed by atoms with E-state index >= 15 is 0 Å². The van der Waals surface area contributed by atoms with Crippen molar-refractivity contribution in [2.75, 3.05) is 0 Å². The van der Waals surface area contributed by atoms with Gasteiger partial charge in [-0.3, -0.25) is 0 Å². The average Bonchev–Trinajstić information content (AvgIpc) is 1.72. The highest BCUT2D eigenvalue weighted by Gasteiger charge is 1.59. The third kappa shape index (κ3) is 23.0. The molecule has 0 saturated heterocycles. The van der Waals surface area contributed by atoms with Gasteiger partial charge in [0, 0.05) is 12.4 Å². The summed E-state index contributed by atoms with van der Waals surface area (Å²) in [5, 5.41) is 7.07. The molecule has 0 radical (unpaired) electrons. The van der Waals surface area contributed by atoms with Crippen LogP contribution >= 0.6 is 0 Å². The first-order chi connectivity index (χ1) is 3.00. The molecule has 1 aromatic rings. The summed E-state index contributed by atoms with van der Waals surface area (Å²) in [6.45, 7) is 0. The third-order valence-corrected chi connectivity index (χ3v) is 0.483. The molecule has 0 amide bonds. The lowest BCUT2D eigenvalue weighted by molar-refractivity contribution is 1.03. The molecule has 0 N–H and O–H groups in total. The Kier molecular flexibility index (Phi) is 117. The van der Waals surface area contributed by atoms with Gasteiger partial charge in [-0.05, 0) is 12.1 Å². The zero-order valence-electron chi connectivity index (χ0n) is 3.20. The molecule has 0 fully saturated rings. The lowest BCUT2D eigenvalue weighted by atomic mass is 10.6. The normalized spacial score (nSPS) is 4.00. The molecule has 0 saturated carbocycles. The molecule has 2 nitrogen and oxygen atoms in total. The van der Waals surface area contributed by atoms with E-state index < -0.39 is 0 Å². The first kappa shape index (κ1) is 43.6. The second kappa shape index (κ2) is 32.2. The molecule has 0 bridgehead atoms. The number of hydrogen-bond donors (Lipinski definition) is 0. The maximum atomic E-state index is 3.53. The Morgan fingerprint density at radius 3 is 0.833 bits per heavy atom. The summed E-state index contributed by atoms with van der Waals surface area (Å²) in [5.41, 5.74) is 0. The van der Waals surface area contributed by atoms with E-state index in [1.807, 2.05) is 12.1 Å². The highest BCUT2D eigenvalue weighted by atomic mass is 15.1. The SMILES string of the molecule is C.C.C.C.C.C.c1ccnnc1. The Labute approximate surface area is 80.1 Å². The molecule has 2 heteroatoms. The minimum absolute atomic E-state index is 0. The van der Waals surface area contributed by atoms with Gasteiger partial charge >= 0.3 is 0 Å². The molecular weight excluding hydrogens is 148 g/mol. The number of aromatic nitrogens is 2. The minimum Gasteiger partial charge on any atom is -0.159 e. The second-order valence-corrected chi connectivity index (χ2v) is 0.914. The predicted octanol–water partition coefficient (Wildman–Crippen LogP) is 4.29. The molecule has 12 heavy (non-hydrogen) atoms. The first-order valence-electron chi connectivity index (χ1n) is 1.72. The van der Waals surface area contributed by atoms with E-state index in [1.54, 1.807) is 12.4 Å². The second-order valence-electron chi connectivity index (χ2n) is 0.914. The van der Waals surface area contributed by atoms with E-state index in [9.17, 15) is 0 Å². The van der Waals surface area contributed by atoms with Gasteiger partial charge in [-0.25, -0.2) is 0 Å². The van der Waals surface area contributed by atoms with Crippen LogP contribution < -0.4 is 0 Å². The Morgan fingerprint density at radius 1 is 0.500 bits per heavy atom. The summed E-state index contributed by atoms with van der Waals surface area (Å²) in [4.78, 5) is 0. The van der Waals surface area contributed by atoms with Gasteiger partial charge in [-0.2, -0.15) is 10.2 Å². The van der Waals surface area contributed by atoms with E-state index in [-0.39, 0.29) is 44.6 Å². The van der Waals surface area contributed by atoms with Gasteiger partial charge in [0.25, 0.3) is 0 Å². The van der Waals surface area contributed by atoms with Crippen molar-refractivity contribution >= 4 is 0 Å². The largest absolute Gasteiger partial charge is 0.159 e. The fraction of sp³-hybridized carbons (Fsp3) is 0.600. The van der Waals surface area contributed by atoms with Crippen LogP contribution in [0.2, 0.25) is 0 Å². The summed E-state index contributed by atoms with van der Waals surface area (Å²) in [6, 6.07) is 3.65. The van der Waals surface area contributed by atoms with Crippen molar-refractivity contribution in [3.8, 4) is 0 Å². The highest BCUT2D eigenvalue weighted by Crippen LogP contribution is 1.68. The van der Waals surface area contributed by atoms with Crippen molar-refractivity contribution < 1.29 is 0 Å². The lowest BCUT2D eigenvalue weighted by Crippen LogP contribution is -1.69. The molecule has 0 aliphatic carbocycles. The Morgan fingerprint density at radius 2 is 0.750 bits per heavy atom. The van der Waals surface area contributed by atoms with Crippen molar-refractivity contribution in [2.45, 2.75) is 44.6 Å². The average molecular weight is 176 g/mol. The van der Waals surface area contributed by atoms with Crippen LogP contribution in [0.25, 0.3) is 0 Å². The monoisotopic (exact) mass is 176 g/mol. The van der Waals surface area contributed by atoms with Crippen LogP contribution in [0.5, 0.6) is 0 Å². The van der Waals surface area contributed by atoms with Crippen LogP contribution in [0.4, 0.5) is 0 Å². The summed E-state index contributed by atoms with van der Waals surface area (Å²) in [6.07, 6.45) is 3.28. The van der Waals surface area contributed by atoms with E-state index in [1.165, 1.54) is 0 Å². The van der Waals surface area contributed by atoms with E-state index in [0.717, 1.165) is 0 Å². The first-order valence-corrected chi connectivity index (χ1v) is 1.72. The van der Waals surface area contributed by atoms with Crippen molar-refractivity contribution in [1.82, 2.24) is 10.2 Å². The van der Waals surface area contributed by atoms with Crippen LogP contribution in [0.15, 0.2) is 24.5 Å². The van der Waals surface area contributed by atoms with Crippen molar-refractivity contribution in [3.63, 3.8) is 0 Å². The Balaban J connectivity index is -0.0000000150. The smallest absolute Gasteiger partial charge is 0.0496 e. The van der Waals surface area contributed by atoms with Crippen LogP contribution in [0.1, 0.15) is 44.6 Å². The molecule has 1 heterocycles. The van der Waals surface area contributed by atoms with Crippen LogP contribution in [-0.2, 0) is 0 Å². The highest BCUT2D eigenvalue weighted by molar-refractivity contribution is 4.79. The molecule has 0 atom stereocenters. The van der Waals surface area contributed by atoms with Crippen LogP contribution in [0, 0.1) is 0 Å². The summed E-state index contributed by atoms with van der Waals surface area (Å²) in [7, 11) is 0. The van der Waals surface area contributed by atoms with Gasteiger partial charge in [0.1, 0.15) is 0 Å². The Bertz CT molecular complexity index is 79.8. The molecule has 0 aliphatic rings. The summed E-state index contributed by atoms with van der Waals surface area (Å²) in [5.74, 6) is 0. The van der Waals surface area contributed by atoms with Crippen molar-refractivity contribution in [3.05, 3.63) is 24.5 Å². The van der Waals surface area contributed by atoms with Gasteiger partial charge in [-0.15, -0.1) is 0 Å². The molecule has 1 rings (SSSR count). The third-order valence-electron chi connectivity index (χ3n) is 0.483. The maximum absolute atomic E-state index is 3.53. The number of rotatable bonds is 0. The zero-order valence-corrected chi connectivity index (χ0v) is 3.20. The van der Waals surface area contributed by atoms with E-state index in [2.05, 4.69) is 10.2 Å². The van der Waals surface area contributed by atoms with E-state index in [4.69, 9.17) is 0 Å². The Hall–Kier alpha value is -0.920. The fourth-order valence-electron chi connectivity index (χ4n) is 0.253.